The van der Waals surface area contributed by atoms with Gasteiger partial charge in [0.2, 0.25) is 0 Å². The maximum absolute atomic E-state index is 14.5. The van der Waals surface area contributed by atoms with E-state index in [9.17, 15) is 12.8 Å². The first-order chi connectivity index (χ1) is 12.8. The van der Waals surface area contributed by atoms with Crippen LogP contribution in [0.3, 0.4) is 0 Å². The monoisotopic (exact) mass is 445 g/mol. The maximum atomic E-state index is 14.5. The predicted molar refractivity (Wildman–Crippen MR) is 108 cm³/mol. The molecule has 0 saturated carbocycles. The lowest BCUT2D eigenvalue weighted by Crippen LogP contribution is -2.15. The molecule has 3 aromatic rings. The number of aromatic nitrogens is 1. The molecule has 2 N–H and O–H groups in total. The molecule has 0 aliphatic heterocycles. The van der Waals surface area contributed by atoms with Crippen LogP contribution in [-0.4, -0.2) is 13.4 Å². The quantitative estimate of drug-likeness (QED) is 0.520. The van der Waals surface area contributed by atoms with Crippen molar-refractivity contribution in [3.8, 4) is 0 Å². The van der Waals surface area contributed by atoms with Gasteiger partial charge in [0.05, 0.1) is 16.8 Å². The highest BCUT2D eigenvalue weighted by molar-refractivity contribution is 7.93. The van der Waals surface area contributed by atoms with Crippen LogP contribution in [-0.2, 0) is 10.0 Å². The van der Waals surface area contributed by atoms with Crippen LogP contribution in [0, 0.1) is 5.82 Å². The van der Waals surface area contributed by atoms with Crippen molar-refractivity contribution < 1.29 is 12.8 Å². The van der Waals surface area contributed by atoms with E-state index in [0.29, 0.717) is 5.02 Å². The SMILES string of the molecule is C[C@H](Nc1cc(F)c(S(=O)(=O)Nc2nccs2)cc1Cl)c1ccccc1Cl. The molecule has 0 aliphatic carbocycles. The van der Waals surface area contributed by atoms with E-state index >= 15 is 0 Å². The van der Waals surface area contributed by atoms with Crippen LogP contribution in [0.15, 0.2) is 52.9 Å². The average Bonchev–Trinajstić information content (AvgIpc) is 3.10. The molecule has 0 radical (unpaired) electrons. The summed E-state index contributed by atoms with van der Waals surface area (Å²) in [5.74, 6) is -0.933. The Morgan fingerprint density at radius 1 is 1.19 bits per heavy atom. The summed E-state index contributed by atoms with van der Waals surface area (Å²) in [5, 5.41) is 5.41. The van der Waals surface area contributed by atoms with E-state index in [1.807, 2.05) is 19.1 Å². The van der Waals surface area contributed by atoms with Gasteiger partial charge in [-0.1, -0.05) is 41.4 Å². The molecule has 1 atom stereocenters. The lowest BCUT2D eigenvalue weighted by molar-refractivity contribution is 0.570. The minimum atomic E-state index is -4.15. The smallest absolute Gasteiger partial charge is 0.266 e. The minimum Gasteiger partial charge on any atom is -0.377 e. The van der Waals surface area contributed by atoms with Gasteiger partial charge in [-0.05, 0) is 30.7 Å². The number of hydrogen-bond donors (Lipinski definition) is 2. The third-order valence-electron chi connectivity index (χ3n) is 3.71. The minimum absolute atomic E-state index is 0.0646. The number of nitrogens with one attached hydrogen (secondary N) is 2. The van der Waals surface area contributed by atoms with Gasteiger partial charge in [-0.15, -0.1) is 11.3 Å². The van der Waals surface area contributed by atoms with Gasteiger partial charge in [0.25, 0.3) is 10.0 Å². The van der Waals surface area contributed by atoms with Gasteiger partial charge < -0.3 is 5.32 Å². The molecule has 1 heterocycles. The van der Waals surface area contributed by atoms with Crippen molar-refractivity contribution in [1.29, 1.82) is 0 Å². The number of benzene rings is 2. The highest BCUT2D eigenvalue weighted by Gasteiger charge is 2.23. The maximum Gasteiger partial charge on any atom is 0.266 e. The molecule has 5 nitrogen and oxygen atoms in total. The fraction of sp³-hybridized carbons (Fsp3) is 0.118. The summed E-state index contributed by atoms with van der Waals surface area (Å²) in [7, 11) is -4.15. The van der Waals surface area contributed by atoms with E-state index in [2.05, 4.69) is 15.0 Å². The molecule has 0 aliphatic rings. The highest BCUT2D eigenvalue weighted by atomic mass is 35.5. The van der Waals surface area contributed by atoms with E-state index in [4.69, 9.17) is 23.2 Å². The Balaban J connectivity index is 1.88. The van der Waals surface area contributed by atoms with Gasteiger partial charge in [0.15, 0.2) is 5.13 Å². The van der Waals surface area contributed by atoms with Crippen molar-refractivity contribution in [3.63, 3.8) is 0 Å². The van der Waals surface area contributed by atoms with Crippen LogP contribution >= 0.6 is 34.5 Å². The second-order valence-corrected chi connectivity index (χ2v) is 8.95. The second kappa shape index (κ2) is 8.02. The number of anilines is 2. The van der Waals surface area contributed by atoms with Crippen LogP contribution in [0.2, 0.25) is 10.0 Å². The first-order valence-electron chi connectivity index (χ1n) is 7.70. The molecule has 3 rings (SSSR count). The zero-order valence-electron chi connectivity index (χ0n) is 13.9. The van der Waals surface area contributed by atoms with Crippen molar-refractivity contribution in [2.45, 2.75) is 17.9 Å². The number of hydrogen-bond acceptors (Lipinski definition) is 5. The number of halogens is 3. The van der Waals surface area contributed by atoms with Gasteiger partial charge in [0, 0.05) is 16.6 Å². The Bertz CT molecular complexity index is 1060. The van der Waals surface area contributed by atoms with Gasteiger partial charge in [-0.2, -0.15) is 0 Å². The summed E-state index contributed by atoms with van der Waals surface area (Å²) in [6.07, 6.45) is 1.44. The van der Waals surface area contributed by atoms with Crippen molar-refractivity contribution in [3.05, 3.63) is 69.4 Å². The van der Waals surface area contributed by atoms with Crippen molar-refractivity contribution in [2.75, 3.05) is 10.0 Å². The van der Waals surface area contributed by atoms with Gasteiger partial charge in [-0.25, -0.2) is 17.8 Å². The fourth-order valence-electron chi connectivity index (χ4n) is 2.43. The summed E-state index contributed by atoms with van der Waals surface area (Å²) in [5.41, 5.74) is 1.06. The van der Waals surface area contributed by atoms with Crippen LogP contribution in [0.5, 0.6) is 0 Å². The third-order valence-corrected chi connectivity index (χ3v) is 6.54. The average molecular weight is 446 g/mol. The van der Waals surface area contributed by atoms with Crippen LogP contribution in [0.25, 0.3) is 0 Å². The van der Waals surface area contributed by atoms with Crippen LogP contribution in [0.1, 0.15) is 18.5 Å². The molecule has 10 heteroatoms. The van der Waals surface area contributed by atoms with Gasteiger partial charge >= 0.3 is 0 Å². The Morgan fingerprint density at radius 3 is 2.59 bits per heavy atom. The molecule has 27 heavy (non-hydrogen) atoms. The van der Waals surface area contributed by atoms with E-state index in [1.54, 1.807) is 17.5 Å². The van der Waals surface area contributed by atoms with E-state index in [0.717, 1.165) is 29.0 Å². The van der Waals surface area contributed by atoms with E-state index in [1.165, 1.54) is 6.20 Å². The molecule has 2 aromatic carbocycles. The molecule has 142 valence electrons. The molecule has 0 fully saturated rings. The zero-order chi connectivity index (χ0) is 19.6. The summed E-state index contributed by atoms with van der Waals surface area (Å²) >= 11 is 13.4. The Kier molecular flexibility index (Phi) is 5.90. The molecule has 0 spiro atoms. The molecule has 0 saturated heterocycles. The molecule has 0 bridgehead atoms. The standard InChI is InChI=1S/C17H14Cl2FN3O2S2/c1-10(11-4-2-3-5-12(11)18)22-15-9-14(20)16(8-13(15)19)27(24,25)23-17-21-6-7-26-17/h2-10,22H,1H3,(H,21,23)/t10-/m0/s1. The number of nitrogens with zero attached hydrogens (tertiary/aromatic N) is 1. The Morgan fingerprint density at radius 2 is 1.93 bits per heavy atom. The summed E-state index contributed by atoms with van der Waals surface area (Å²) in [6.45, 7) is 1.84. The largest absolute Gasteiger partial charge is 0.377 e. The topological polar surface area (TPSA) is 71.1 Å². The molecule has 0 amide bonds. The predicted octanol–water partition coefficient (Wildman–Crippen LogP) is 5.56. The lowest BCUT2D eigenvalue weighted by atomic mass is 10.1. The summed E-state index contributed by atoms with van der Waals surface area (Å²) in [6, 6.07) is 9.06. The summed E-state index contributed by atoms with van der Waals surface area (Å²) in [4.78, 5) is 3.27. The van der Waals surface area contributed by atoms with Crippen molar-refractivity contribution in [1.82, 2.24) is 4.98 Å². The molecule has 0 unspecified atom stereocenters. The number of sulfonamides is 1. The Labute approximate surface area is 170 Å². The summed E-state index contributed by atoms with van der Waals surface area (Å²) < 4.78 is 41.5. The first-order valence-corrected chi connectivity index (χ1v) is 10.8. The number of rotatable bonds is 6. The molecular formula is C17H14Cl2FN3O2S2. The van der Waals surface area contributed by atoms with E-state index < -0.39 is 20.7 Å². The number of thiazole rings is 1. The highest BCUT2D eigenvalue weighted by Crippen LogP contribution is 2.33. The normalized spacial score (nSPS) is 12.6. The molecule has 1 aromatic heterocycles. The lowest BCUT2D eigenvalue weighted by Gasteiger charge is -2.18. The van der Waals surface area contributed by atoms with E-state index in [-0.39, 0.29) is 21.9 Å². The third kappa shape index (κ3) is 4.52. The second-order valence-electron chi connectivity index (χ2n) is 5.59. The van der Waals surface area contributed by atoms with Crippen molar-refractivity contribution >= 4 is 55.4 Å². The van der Waals surface area contributed by atoms with Crippen LogP contribution in [0.4, 0.5) is 15.2 Å². The first kappa shape index (κ1) is 19.9. The Hall–Kier alpha value is -1.87. The fourth-order valence-corrected chi connectivity index (χ4v) is 4.88. The zero-order valence-corrected chi connectivity index (χ0v) is 17.1. The molecular weight excluding hydrogens is 432 g/mol. The van der Waals surface area contributed by atoms with Gasteiger partial charge in [-0.3, -0.25) is 4.72 Å². The van der Waals surface area contributed by atoms with Gasteiger partial charge in [0.1, 0.15) is 10.7 Å². The van der Waals surface area contributed by atoms with Crippen molar-refractivity contribution in [2.24, 2.45) is 0 Å². The van der Waals surface area contributed by atoms with Crippen LogP contribution < -0.4 is 10.0 Å².